The van der Waals surface area contributed by atoms with Gasteiger partial charge in [0.05, 0.1) is 11.5 Å². The lowest BCUT2D eigenvalue weighted by atomic mass is 9.74. The Bertz CT molecular complexity index is 2860. The molecule has 3 nitrogen and oxygen atoms in total. The summed E-state index contributed by atoms with van der Waals surface area (Å²) in [5.41, 5.74) is 17.9. The van der Waals surface area contributed by atoms with Crippen LogP contribution >= 0.6 is 11.3 Å². The molecular formula is C52H50N2OS+2. The first-order valence-electron chi connectivity index (χ1n) is 20.3. The van der Waals surface area contributed by atoms with Gasteiger partial charge in [0.15, 0.2) is 25.0 Å². The van der Waals surface area contributed by atoms with Gasteiger partial charge in [-0.25, -0.2) is 0 Å². The van der Waals surface area contributed by atoms with Crippen LogP contribution in [-0.2, 0) is 19.4 Å². The Kier molecular flexibility index (Phi) is 8.24. The highest BCUT2D eigenvalue weighted by molar-refractivity contribution is 7.17. The fraction of sp³-hybridized carbons (Fsp3) is 0.269. The topological polar surface area (TPSA) is 20.9 Å². The number of aryl methyl sites for hydroxylation is 4. The maximum Gasteiger partial charge on any atom is 0.217 e. The fourth-order valence-corrected chi connectivity index (χ4v) is 11.1. The Balaban J connectivity index is 1.30. The quantitative estimate of drug-likeness (QED) is 0.130. The molecule has 0 radical (unpaired) electrons. The summed E-state index contributed by atoms with van der Waals surface area (Å²) in [6.07, 6.45) is 10.1. The number of aromatic nitrogens is 2. The molecule has 6 heterocycles. The minimum absolute atomic E-state index is 0.0915. The summed E-state index contributed by atoms with van der Waals surface area (Å²) < 4.78 is 13.7. The smallest absolute Gasteiger partial charge is 0.217 e. The second kappa shape index (κ2) is 13.1. The molecule has 0 amide bonds. The maximum absolute atomic E-state index is 7.20. The summed E-state index contributed by atoms with van der Waals surface area (Å²) >= 11 is 1.78. The number of hydrogen-bond acceptors (Lipinski definition) is 2. The maximum atomic E-state index is 7.20. The average Bonchev–Trinajstić information content (AvgIpc) is 3.81. The van der Waals surface area contributed by atoms with Crippen molar-refractivity contribution in [2.45, 2.75) is 79.3 Å². The Hall–Kier alpha value is -5.32. The van der Waals surface area contributed by atoms with Crippen molar-refractivity contribution >= 4 is 43.4 Å². The molecule has 0 N–H and O–H groups in total. The molecule has 3 unspecified atom stereocenters. The summed E-state index contributed by atoms with van der Waals surface area (Å²) in [7, 11) is 0. The molecule has 0 aliphatic carbocycles. The Morgan fingerprint density at radius 3 is 2.38 bits per heavy atom. The van der Waals surface area contributed by atoms with E-state index in [2.05, 4.69) is 172 Å². The number of allylic oxidation sites excluding steroid dienone is 1. The third kappa shape index (κ3) is 5.59. The number of nitrogens with zero attached hydrogens (tertiary/aromatic N) is 2. The second-order valence-electron chi connectivity index (χ2n) is 17.7. The van der Waals surface area contributed by atoms with Crippen molar-refractivity contribution in [2.24, 2.45) is 11.3 Å². The van der Waals surface area contributed by atoms with Gasteiger partial charge in [0.2, 0.25) is 11.4 Å². The number of fused-ring (bicyclic) bond motifs is 15. The van der Waals surface area contributed by atoms with Crippen molar-refractivity contribution in [2.75, 3.05) is 0 Å². The van der Waals surface area contributed by atoms with Crippen molar-refractivity contribution in [3.05, 3.63) is 155 Å². The molecule has 4 heteroatoms. The van der Waals surface area contributed by atoms with Crippen LogP contribution in [0, 0.1) is 32.1 Å². The lowest BCUT2D eigenvalue weighted by molar-refractivity contribution is -0.747. The van der Waals surface area contributed by atoms with E-state index < -0.39 is 0 Å². The highest BCUT2D eigenvalue weighted by atomic mass is 32.1. The van der Waals surface area contributed by atoms with Crippen LogP contribution in [-0.4, -0.2) is 0 Å². The molecule has 0 bridgehead atoms. The van der Waals surface area contributed by atoms with E-state index in [0.29, 0.717) is 5.92 Å². The number of pyridine rings is 2. The predicted octanol–water partition coefficient (Wildman–Crippen LogP) is 13.0. The van der Waals surface area contributed by atoms with Gasteiger partial charge in [0.25, 0.3) is 0 Å². The molecule has 2 aliphatic rings. The second-order valence-corrected chi connectivity index (χ2v) is 18.7. The van der Waals surface area contributed by atoms with Crippen LogP contribution in [0.15, 0.2) is 126 Å². The molecule has 0 fully saturated rings. The van der Waals surface area contributed by atoms with Crippen molar-refractivity contribution < 1.29 is 13.6 Å². The van der Waals surface area contributed by atoms with Crippen LogP contribution in [0.2, 0.25) is 0 Å². The number of benzene rings is 4. The number of rotatable bonds is 3. The van der Waals surface area contributed by atoms with Gasteiger partial charge in [0, 0.05) is 55.6 Å². The molecule has 0 spiro atoms. The average molecular weight is 751 g/mol. The first-order valence-corrected chi connectivity index (χ1v) is 21.2. The summed E-state index contributed by atoms with van der Waals surface area (Å²) in [5, 5.41) is 5.75. The van der Waals surface area contributed by atoms with Crippen LogP contribution in [0.5, 0.6) is 0 Å². The van der Waals surface area contributed by atoms with E-state index in [1.165, 1.54) is 87.9 Å². The molecule has 56 heavy (non-hydrogen) atoms. The lowest BCUT2D eigenvalue weighted by Crippen LogP contribution is -2.54. The van der Waals surface area contributed by atoms with Gasteiger partial charge in [-0.15, -0.1) is 17.9 Å². The van der Waals surface area contributed by atoms with Crippen LogP contribution in [0.4, 0.5) is 0 Å². The van der Waals surface area contributed by atoms with Gasteiger partial charge in [-0.05, 0) is 115 Å². The first-order chi connectivity index (χ1) is 27.1. The van der Waals surface area contributed by atoms with E-state index in [1.807, 2.05) is 0 Å². The van der Waals surface area contributed by atoms with Crippen LogP contribution < -0.4 is 9.13 Å². The predicted molar refractivity (Wildman–Crippen MR) is 233 cm³/mol. The lowest BCUT2D eigenvalue weighted by Gasteiger charge is -2.34. The zero-order chi connectivity index (χ0) is 38.5. The molecule has 8 aromatic rings. The van der Waals surface area contributed by atoms with Crippen molar-refractivity contribution in [1.29, 1.82) is 0 Å². The van der Waals surface area contributed by atoms with Gasteiger partial charge >= 0.3 is 0 Å². The summed E-state index contributed by atoms with van der Waals surface area (Å²) in [4.78, 5) is 0. The van der Waals surface area contributed by atoms with E-state index in [4.69, 9.17) is 4.42 Å². The molecule has 3 atom stereocenters. The van der Waals surface area contributed by atoms with E-state index in [9.17, 15) is 0 Å². The molecule has 4 aromatic heterocycles. The van der Waals surface area contributed by atoms with Crippen molar-refractivity contribution in [3.8, 4) is 33.6 Å². The van der Waals surface area contributed by atoms with Crippen molar-refractivity contribution in [1.82, 2.24) is 0 Å². The van der Waals surface area contributed by atoms with E-state index in [0.717, 1.165) is 37.0 Å². The zero-order valence-corrected chi connectivity index (χ0v) is 34.3. The largest absolute Gasteiger partial charge is 0.454 e. The van der Waals surface area contributed by atoms with E-state index in [1.54, 1.807) is 11.3 Å². The molecule has 278 valence electrons. The minimum atomic E-state index is 0.0915. The van der Waals surface area contributed by atoms with Crippen LogP contribution in [0.1, 0.15) is 72.5 Å². The summed E-state index contributed by atoms with van der Waals surface area (Å²) in [5.74, 6) is 0.473. The third-order valence-electron chi connectivity index (χ3n) is 12.7. The number of thiophene rings is 1. The van der Waals surface area contributed by atoms with Gasteiger partial charge in [0.1, 0.15) is 11.2 Å². The van der Waals surface area contributed by atoms with Gasteiger partial charge in [-0.2, -0.15) is 9.13 Å². The molecule has 0 saturated carbocycles. The molecular weight excluding hydrogens is 701 g/mol. The molecule has 10 rings (SSSR count). The van der Waals surface area contributed by atoms with E-state index in [-0.39, 0.29) is 17.4 Å². The first kappa shape index (κ1) is 35.1. The Morgan fingerprint density at radius 2 is 1.57 bits per heavy atom. The van der Waals surface area contributed by atoms with E-state index >= 15 is 0 Å². The summed E-state index contributed by atoms with van der Waals surface area (Å²) in [6.45, 7) is 19.3. The van der Waals surface area contributed by atoms with Gasteiger partial charge in [-0.3, -0.25) is 0 Å². The standard InChI is InChI=1S/C52H50N2OS/c1-8-34-29-53-30-36(27-52(5,6)7)43(47-32(3)12-11-13-33(47)4)26-45(53)48-35(18-20-41-40-21-23-46-42(24-25-56-46)50(40)55-51(41)48)17-19-39-37-14-9-10-15-38(37)44-22-16-31(2)28-54(44)49(34)39/h8-16,18,20-26,28,30,34,39,49H,1,17,19,27,29H2,2-7H3/q+2. The van der Waals surface area contributed by atoms with Crippen molar-refractivity contribution in [3.63, 3.8) is 0 Å². The fourth-order valence-electron chi connectivity index (χ4n) is 10.3. The summed E-state index contributed by atoms with van der Waals surface area (Å²) in [6, 6.07) is 34.7. The Morgan fingerprint density at radius 1 is 0.786 bits per heavy atom. The SMILES string of the molecule is C=CC1C[n+]2cc(CC(C)(C)C)c(-c3c(C)cccc3C)cc2-c2c(ccc3c2oc2c4ccsc4ccc32)CCC2c3ccccc3-c3ccc(C)c[n+]3C12. The highest BCUT2D eigenvalue weighted by Crippen LogP contribution is 2.48. The third-order valence-corrected chi connectivity index (χ3v) is 13.5. The number of hydrogen-bond donors (Lipinski definition) is 0. The number of furan rings is 1. The van der Waals surface area contributed by atoms with Gasteiger partial charge in [-0.1, -0.05) is 75.4 Å². The zero-order valence-electron chi connectivity index (χ0n) is 33.4. The highest BCUT2D eigenvalue weighted by Gasteiger charge is 2.46. The van der Waals surface area contributed by atoms with Crippen LogP contribution in [0.3, 0.4) is 0 Å². The Labute approximate surface area is 334 Å². The monoisotopic (exact) mass is 750 g/mol. The minimum Gasteiger partial charge on any atom is -0.454 e. The van der Waals surface area contributed by atoms with Crippen LogP contribution in [0.25, 0.3) is 65.7 Å². The normalized spacial score (nSPS) is 17.9. The van der Waals surface area contributed by atoms with Gasteiger partial charge < -0.3 is 4.42 Å². The molecule has 4 aromatic carbocycles. The molecule has 0 saturated heterocycles. The molecule has 2 aliphatic heterocycles.